The SMILES string of the molecule is COCCN1CCC(N(C)Cc2cc3nc(-c4cccc5[nH]ncc45)nc(N4CCOCC4)c3s2)CC1. The maximum Gasteiger partial charge on any atom is 0.162 e. The van der Waals surface area contributed by atoms with Crippen molar-refractivity contribution in [3.05, 3.63) is 35.3 Å². The van der Waals surface area contributed by atoms with E-state index in [4.69, 9.17) is 19.4 Å². The fraction of sp³-hybridized carbons (Fsp3) is 0.519. The van der Waals surface area contributed by atoms with E-state index in [1.165, 1.54) is 22.4 Å². The molecule has 196 valence electrons. The number of methoxy groups -OCH3 is 1. The van der Waals surface area contributed by atoms with E-state index in [2.05, 4.69) is 44.1 Å². The Kier molecular flexibility index (Phi) is 7.34. The Morgan fingerprint density at radius 2 is 2.00 bits per heavy atom. The number of thiophene rings is 1. The zero-order valence-electron chi connectivity index (χ0n) is 21.7. The molecule has 5 heterocycles. The summed E-state index contributed by atoms with van der Waals surface area (Å²) in [7, 11) is 4.04. The number of aromatic amines is 1. The number of aromatic nitrogens is 4. The highest BCUT2D eigenvalue weighted by Gasteiger charge is 2.24. The van der Waals surface area contributed by atoms with Crippen LogP contribution in [-0.4, -0.2) is 103 Å². The lowest BCUT2D eigenvalue weighted by molar-refractivity contribution is 0.0953. The van der Waals surface area contributed by atoms with E-state index in [1.807, 2.05) is 29.7 Å². The first-order valence-corrected chi connectivity index (χ1v) is 14.0. The number of nitrogens with one attached hydrogen (secondary N) is 1. The quantitative estimate of drug-likeness (QED) is 0.377. The molecular formula is C27H35N7O2S. The monoisotopic (exact) mass is 521 g/mol. The van der Waals surface area contributed by atoms with Gasteiger partial charge in [0.05, 0.1) is 41.8 Å². The van der Waals surface area contributed by atoms with Gasteiger partial charge < -0.3 is 19.3 Å². The van der Waals surface area contributed by atoms with Gasteiger partial charge in [-0.05, 0) is 45.1 Å². The van der Waals surface area contributed by atoms with Gasteiger partial charge in [0, 0.05) is 55.2 Å². The maximum absolute atomic E-state index is 5.64. The van der Waals surface area contributed by atoms with Crippen LogP contribution >= 0.6 is 11.3 Å². The molecule has 2 saturated heterocycles. The van der Waals surface area contributed by atoms with Gasteiger partial charge >= 0.3 is 0 Å². The van der Waals surface area contributed by atoms with Gasteiger partial charge in [-0.15, -0.1) is 11.3 Å². The largest absolute Gasteiger partial charge is 0.383 e. The van der Waals surface area contributed by atoms with Crippen LogP contribution in [0.1, 0.15) is 17.7 Å². The molecule has 0 atom stereocenters. The number of benzene rings is 1. The second-order valence-electron chi connectivity index (χ2n) is 10.0. The van der Waals surface area contributed by atoms with Crippen molar-refractivity contribution < 1.29 is 9.47 Å². The number of H-pyrrole nitrogens is 1. The second kappa shape index (κ2) is 11.0. The predicted octanol–water partition coefficient (Wildman–Crippen LogP) is 3.61. The minimum atomic E-state index is 0.600. The second-order valence-corrected chi connectivity index (χ2v) is 11.2. The summed E-state index contributed by atoms with van der Waals surface area (Å²) in [5.41, 5.74) is 3.03. The van der Waals surface area contributed by atoms with Crippen LogP contribution in [0.5, 0.6) is 0 Å². The Balaban J connectivity index is 1.28. The van der Waals surface area contributed by atoms with Crippen LogP contribution in [0, 0.1) is 0 Å². The summed E-state index contributed by atoms with van der Waals surface area (Å²) >= 11 is 1.84. The highest BCUT2D eigenvalue weighted by atomic mass is 32.1. The van der Waals surface area contributed by atoms with Gasteiger partial charge in [-0.3, -0.25) is 10.00 Å². The van der Waals surface area contributed by atoms with E-state index in [0.717, 1.165) is 92.7 Å². The molecule has 2 fully saturated rings. The normalized spacial score (nSPS) is 18.0. The van der Waals surface area contributed by atoms with E-state index in [9.17, 15) is 0 Å². The molecule has 3 aromatic heterocycles. The zero-order chi connectivity index (χ0) is 25.2. The number of hydrogen-bond donors (Lipinski definition) is 1. The molecule has 0 amide bonds. The van der Waals surface area contributed by atoms with Crippen molar-refractivity contribution in [3.63, 3.8) is 0 Å². The highest BCUT2D eigenvalue weighted by Crippen LogP contribution is 2.36. The Hall–Kier alpha value is -2.63. The number of hydrogen-bond acceptors (Lipinski definition) is 9. The summed E-state index contributed by atoms with van der Waals surface area (Å²) in [5, 5.41) is 8.35. The lowest BCUT2D eigenvalue weighted by Gasteiger charge is -2.36. The fourth-order valence-electron chi connectivity index (χ4n) is 5.49. The number of likely N-dealkylation sites (tertiary alicyclic amines) is 1. The number of rotatable bonds is 8. The van der Waals surface area contributed by atoms with Crippen molar-refractivity contribution in [2.24, 2.45) is 0 Å². The number of anilines is 1. The third-order valence-corrected chi connectivity index (χ3v) is 8.74. The number of morpholine rings is 1. The highest BCUT2D eigenvalue weighted by molar-refractivity contribution is 7.19. The molecule has 1 N–H and O–H groups in total. The van der Waals surface area contributed by atoms with Crippen molar-refractivity contribution in [1.82, 2.24) is 30.0 Å². The van der Waals surface area contributed by atoms with Gasteiger partial charge in [-0.25, -0.2) is 9.97 Å². The lowest BCUT2D eigenvalue weighted by Crippen LogP contribution is -2.43. The Morgan fingerprint density at radius 1 is 1.16 bits per heavy atom. The van der Waals surface area contributed by atoms with Gasteiger partial charge in [-0.2, -0.15) is 5.10 Å². The van der Waals surface area contributed by atoms with Gasteiger partial charge in [0.25, 0.3) is 0 Å². The molecule has 0 spiro atoms. The van der Waals surface area contributed by atoms with Gasteiger partial charge in [-0.1, -0.05) is 12.1 Å². The summed E-state index contributed by atoms with van der Waals surface area (Å²) in [6, 6.07) is 9.03. The van der Waals surface area contributed by atoms with Gasteiger partial charge in [0.2, 0.25) is 0 Å². The third kappa shape index (κ3) is 5.21. The first kappa shape index (κ1) is 24.7. The molecule has 10 heteroatoms. The van der Waals surface area contributed by atoms with Crippen LogP contribution in [0.15, 0.2) is 30.5 Å². The summed E-state index contributed by atoms with van der Waals surface area (Å²) in [6.45, 7) is 8.18. The zero-order valence-corrected chi connectivity index (χ0v) is 22.5. The van der Waals surface area contributed by atoms with Gasteiger partial charge in [0.15, 0.2) is 11.6 Å². The van der Waals surface area contributed by atoms with Crippen molar-refractivity contribution in [3.8, 4) is 11.4 Å². The molecule has 1 aromatic carbocycles. The van der Waals surface area contributed by atoms with Crippen LogP contribution in [0.25, 0.3) is 32.5 Å². The molecule has 0 radical (unpaired) electrons. The molecule has 37 heavy (non-hydrogen) atoms. The molecule has 4 aromatic rings. The summed E-state index contributed by atoms with van der Waals surface area (Å²) < 4.78 is 12.1. The van der Waals surface area contributed by atoms with E-state index < -0.39 is 0 Å². The minimum absolute atomic E-state index is 0.600. The number of fused-ring (bicyclic) bond motifs is 2. The summed E-state index contributed by atoms with van der Waals surface area (Å²) in [4.78, 5) is 18.9. The summed E-state index contributed by atoms with van der Waals surface area (Å²) in [6.07, 6.45) is 4.26. The average Bonchev–Trinajstić information content (AvgIpc) is 3.58. The van der Waals surface area contributed by atoms with Crippen LogP contribution in [-0.2, 0) is 16.0 Å². The number of ether oxygens (including phenoxy) is 2. The fourth-order valence-corrected chi connectivity index (χ4v) is 6.67. The number of piperidine rings is 1. The Labute approximate surface area is 221 Å². The van der Waals surface area contributed by atoms with E-state index in [-0.39, 0.29) is 0 Å². The van der Waals surface area contributed by atoms with Crippen molar-refractivity contribution in [2.45, 2.75) is 25.4 Å². The molecule has 9 nitrogen and oxygen atoms in total. The Morgan fingerprint density at radius 3 is 2.81 bits per heavy atom. The van der Waals surface area contributed by atoms with E-state index in [1.54, 1.807) is 7.11 Å². The predicted molar refractivity (Wildman–Crippen MR) is 148 cm³/mol. The molecule has 2 aliphatic heterocycles. The van der Waals surface area contributed by atoms with Crippen LogP contribution in [0.3, 0.4) is 0 Å². The smallest absolute Gasteiger partial charge is 0.162 e. The maximum atomic E-state index is 5.64. The molecule has 2 aliphatic rings. The third-order valence-electron chi connectivity index (χ3n) is 7.64. The standard InChI is InChI=1S/C27H35N7O2S/c1-32(19-6-8-33(9-7-19)10-13-35-2)18-20-16-24-25(37-20)27(34-11-14-36-15-12-34)30-26(29-24)21-4-3-5-23-22(21)17-28-31-23/h3-5,16-17,19H,6-15,18H2,1-2H3,(H,28,31). The number of nitrogens with zero attached hydrogens (tertiary/aromatic N) is 6. The first-order valence-electron chi connectivity index (χ1n) is 13.2. The Bertz CT molecular complexity index is 1340. The average molecular weight is 522 g/mol. The molecular weight excluding hydrogens is 486 g/mol. The minimum Gasteiger partial charge on any atom is -0.383 e. The van der Waals surface area contributed by atoms with Crippen molar-refractivity contribution >= 4 is 38.3 Å². The van der Waals surface area contributed by atoms with Crippen molar-refractivity contribution in [1.29, 1.82) is 0 Å². The molecule has 6 rings (SSSR count). The first-order chi connectivity index (χ1) is 18.2. The molecule has 0 aliphatic carbocycles. The van der Waals surface area contributed by atoms with E-state index >= 15 is 0 Å². The summed E-state index contributed by atoms with van der Waals surface area (Å²) in [5.74, 6) is 1.77. The van der Waals surface area contributed by atoms with Crippen LogP contribution < -0.4 is 4.90 Å². The molecule has 0 bridgehead atoms. The topological polar surface area (TPSA) is 82.6 Å². The van der Waals surface area contributed by atoms with Crippen LogP contribution in [0.2, 0.25) is 0 Å². The van der Waals surface area contributed by atoms with Gasteiger partial charge in [0.1, 0.15) is 0 Å². The lowest BCUT2D eigenvalue weighted by atomic mass is 10.0. The molecule has 0 unspecified atom stereocenters. The van der Waals surface area contributed by atoms with Crippen LogP contribution in [0.4, 0.5) is 5.82 Å². The van der Waals surface area contributed by atoms with Crippen molar-refractivity contribution in [2.75, 3.05) is 71.6 Å². The van der Waals surface area contributed by atoms with E-state index in [0.29, 0.717) is 6.04 Å². The molecule has 0 saturated carbocycles.